The molecule has 0 aromatic heterocycles. The maximum Gasteiger partial charge on any atom is 0.191 e. The Morgan fingerprint density at radius 1 is 1.26 bits per heavy atom. The third kappa shape index (κ3) is 2.24. The molecular weight excluding hydrogens is 260 g/mol. The molecule has 1 fully saturated rings. The predicted molar refractivity (Wildman–Crippen MR) is 74.1 cm³/mol. The lowest BCUT2D eigenvalue weighted by Crippen LogP contribution is -2.45. The van der Waals surface area contributed by atoms with E-state index in [2.05, 4.69) is 0 Å². The van der Waals surface area contributed by atoms with Crippen molar-refractivity contribution in [1.29, 1.82) is 0 Å². The second-order valence-electron chi connectivity index (χ2n) is 5.25. The smallest absolute Gasteiger partial charge is 0.191 e. The largest absolute Gasteiger partial charge is 0.340 e. The highest BCUT2D eigenvalue weighted by atomic mass is 32.2. The Kier molecular flexibility index (Phi) is 3.04. The number of carbonyl (C=O) groups excluding carboxylic acids is 1. The molecule has 2 atom stereocenters. The molecule has 2 aliphatic rings. The molecule has 100 valence electrons. The number of hydrogen-bond donors (Lipinski definition) is 0. The number of ether oxygens (including phenoxy) is 2. The van der Waals surface area contributed by atoms with E-state index >= 15 is 0 Å². The van der Waals surface area contributed by atoms with Crippen molar-refractivity contribution in [2.45, 2.75) is 36.2 Å². The van der Waals surface area contributed by atoms with E-state index in [4.69, 9.17) is 9.47 Å². The molecule has 0 unspecified atom stereocenters. The molecule has 1 aliphatic carbocycles. The highest BCUT2D eigenvalue weighted by Gasteiger charge is 2.58. The van der Waals surface area contributed by atoms with Crippen LogP contribution in [-0.2, 0) is 14.3 Å². The molecule has 3 rings (SSSR count). The van der Waals surface area contributed by atoms with Gasteiger partial charge in [0, 0.05) is 10.6 Å². The lowest BCUT2D eigenvalue weighted by molar-refractivity contribution is -0.166. The van der Waals surface area contributed by atoms with Gasteiger partial charge in [0.05, 0.1) is 0 Å². The molecule has 1 heterocycles. The van der Waals surface area contributed by atoms with Crippen molar-refractivity contribution in [1.82, 2.24) is 0 Å². The first-order chi connectivity index (χ1) is 9.02. The summed E-state index contributed by atoms with van der Waals surface area (Å²) in [7, 11) is 0. The molecule has 0 amide bonds. The van der Waals surface area contributed by atoms with Crippen molar-refractivity contribution in [3.63, 3.8) is 0 Å². The quantitative estimate of drug-likeness (QED) is 0.795. The average molecular weight is 276 g/mol. The van der Waals surface area contributed by atoms with Crippen LogP contribution >= 0.6 is 11.8 Å². The molecule has 1 aromatic carbocycles. The molecular formula is C15H16O3S. The van der Waals surface area contributed by atoms with E-state index < -0.39 is 11.4 Å². The van der Waals surface area contributed by atoms with Crippen molar-refractivity contribution in [3.8, 4) is 0 Å². The number of carbonyl (C=O) groups is 1. The van der Waals surface area contributed by atoms with Gasteiger partial charge in [-0.25, -0.2) is 0 Å². The molecule has 0 radical (unpaired) electrons. The van der Waals surface area contributed by atoms with Gasteiger partial charge in [0.1, 0.15) is 6.10 Å². The Labute approximate surface area is 117 Å². The number of ketones is 1. The summed E-state index contributed by atoms with van der Waals surface area (Å²) in [4.78, 5) is 13.3. The predicted octanol–water partition coefficient (Wildman–Crippen LogP) is 2.81. The minimum atomic E-state index is -0.857. The maximum atomic E-state index is 12.2. The second kappa shape index (κ2) is 4.47. The molecule has 0 spiro atoms. The highest BCUT2D eigenvalue weighted by Crippen LogP contribution is 2.44. The fraction of sp³-hybridized carbons (Fsp3) is 0.400. The number of benzene rings is 1. The fourth-order valence-corrected chi connectivity index (χ4v) is 3.61. The number of rotatable bonds is 3. The number of fused-ring (bicyclic) bond motifs is 1. The summed E-state index contributed by atoms with van der Waals surface area (Å²) < 4.78 is 11.7. The van der Waals surface area contributed by atoms with Gasteiger partial charge in [-0.2, -0.15) is 0 Å². The van der Waals surface area contributed by atoms with Crippen LogP contribution in [0.15, 0.2) is 47.4 Å². The minimum absolute atomic E-state index is 0.00602. The summed E-state index contributed by atoms with van der Waals surface area (Å²) in [6.07, 6.45) is 3.11. The molecule has 3 nitrogen and oxygen atoms in total. The molecule has 1 aliphatic heterocycles. The van der Waals surface area contributed by atoms with Crippen LogP contribution < -0.4 is 0 Å². The second-order valence-corrected chi connectivity index (χ2v) is 6.30. The zero-order valence-corrected chi connectivity index (χ0v) is 11.8. The molecule has 1 aromatic rings. The van der Waals surface area contributed by atoms with Gasteiger partial charge in [-0.05, 0) is 38.1 Å². The van der Waals surface area contributed by atoms with Gasteiger partial charge in [-0.1, -0.05) is 18.2 Å². The van der Waals surface area contributed by atoms with Crippen LogP contribution in [0.1, 0.15) is 13.8 Å². The van der Waals surface area contributed by atoms with Gasteiger partial charge in [0.2, 0.25) is 0 Å². The van der Waals surface area contributed by atoms with Crippen LogP contribution in [-0.4, -0.2) is 29.0 Å². The fourth-order valence-electron chi connectivity index (χ4n) is 2.51. The number of hydrogen-bond acceptors (Lipinski definition) is 4. The van der Waals surface area contributed by atoms with Crippen molar-refractivity contribution in [3.05, 3.63) is 42.5 Å². The maximum absolute atomic E-state index is 12.2. The Morgan fingerprint density at radius 3 is 2.74 bits per heavy atom. The van der Waals surface area contributed by atoms with Gasteiger partial charge >= 0.3 is 0 Å². The Balaban J connectivity index is 1.80. The van der Waals surface area contributed by atoms with E-state index in [0.29, 0.717) is 5.75 Å². The summed E-state index contributed by atoms with van der Waals surface area (Å²) in [6.45, 7) is 3.70. The minimum Gasteiger partial charge on any atom is -0.340 e. The molecule has 0 saturated carbocycles. The van der Waals surface area contributed by atoms with E-state index in [1.54, 1.807) is 17.8 Å². The molecule has 4 heteroatoms. The molecule has 19 heavy (non-hydrogen) atoms. The van der Waals surface area contributed by atoms with Crippen molar-refractivity contribution in [2.75, 3.05) is 5.75 Å². The number of thioether (sulfide) groups is 1. The van der Waals surface area contributed by atoms with Crippen LogP contribution in [0.25, 0.3) is 0 Å². The highest BCUT2D eigenvalue weighted by molar-refractivity contribution is 7.99. The molecule has 1 saturated heterocycles. The van der Waals surface area contributed by atoms with Gasteiger partial charge in [0.25, 0.3) is 0 Å². The van der Waals surface area contributed by atoms with Gasteiger partial charge in [0.15, 0.2) is 17.2 Å². The first kappa shape index (κ1) is 12.9. The topological polar surface area (TPSA) is 35.5 Å². The van der Waals surface area contributed by atoms with E-state index in [9.17, 15) is 4.79 Å². The summed E-state index contributed by atoms with van der Waals surface area (Å²) >= 11 is 1.62. The lowest BCUT2D eigenvalue weighted by atomic mass is 10.0. The van der Waals surface area contributed by atoms with Gasteiger partial charge in [-0.3, -0.25) is 4.79 Å². The Morgan fingerprint density at radius 2 is 2.00 bits per heavy atom. The van der Waals surface area contributed by atoms with E-state index in [1.807, 2.05) is 50.3 Å². The molecule has 0 bridgehead atoms. The van der Waals surface area contributed by atoms with Crippen LogP contribution in [0.5, 0.6) is 0 Å². The van der Waals surface area contributed by atoms with E-state index in [1.165, 1.54) is 0 Å². The van der Waals surface area contributed by atoms with Crippen molar-refractivity contribution < 1.29 is 14.3 Å². The molecule has 0 N–H and O–H groups in total. The third-order valence-electron chi connectivity index (χ3n) is 3.33. The Hall–Kier alpha value is -1.10. The van der Waals surface area contributed by atoms with E-state index in [-0.39, 0.29) is 11.9 Å². The van der Waals surface area contributed by atoms with Crippen molar-refractivity contribution >= 4 is 17.5 Å². The third-order valence-corrected chi connectivity index (χ3v) is 4.51. The zero-order valence-electron chi connectivity index (χ0n) is 11.0. The Bertz CT molecular complexity index is 523. The standard InChI is InChI=1S/C15H16O3S/c1-14(2)17-13-9-8-12(16)15(13,18-14)10-19-11-6-4-3-5-7-11/h3-9,13H,10H2,1-2H3/t13-,15+/m1/s1. The van der Waals surface area contributed by atoms with Crippen LogP contribution in [0.4, 0.5) is 0 Å². The van der Waals surface area contributed by atoms with Crippen LogP contribution in [0.2, 0.25) is 0 Å². The zero-order chi connectivity index (χ0) is 13.5. The summed E-state index contributed by atoms with van der Waals surface area (Å²) in [5, 5.41) is 0. The lowest BCUT2D eigenvalue weighted by Gasteiger charge is -2.26. The van der Waals surface area contributed by atoms with Gasteiger partial charge in [-0.15, -0.1) is 11.8 Å². The SMILES string of the molecule is CC1(C)O[C@@H]2C=CC(=O)[C@]2(CSc2ccccc2)O1. The first-order valence-corrected chi connectivity index (χ1v) is 7.29. The van der Waals surface area contributed by atoms with E-state index in [0.717, 1.165) is 4.90 Å². The first-order valence-electron chi connectivity index (χ1n) is 6.30. The van der Waals surface area contributed by atoms with Crippen molar-refractivity contribution in [2.24, 2.45) is 0 Å². The summed E-state index contributed by atoms with van der Waals surface area (Å²) in [6, 6.07) is 10.0. The van der Waals surface area contributed by atoms with Crippen LogP contribution in [0.3, 0.4) is 0 Å². The average Bonchev–Trinajstić information content (AvgIpc) is 2.81. The monoisotopic (exact) mass is 276 g/mol. The summed E-state index contributed by atoms with van der Waals surface area (Å²) in [5.41, 5.74) is -0.857. The van der Waals surface area contributed by atoms with Crippen LogP contribution in [0, 0.1) is 0 Å². The van der Waals surface area contributed by atoms with Gasteiger partial charge < -0.3 is 9.47 Å². The summed E-state index contributed by atoms with van der Waals surface area (Å²) in [5.74, 6) is -0.134. The normalized spacial score (nSPS) is 31.7.